The Kier molecular flexibility index (Phi) is 4.94. The number of carbonyl (C=O) groups is 2. The number of anilines is 2. The molecule has 0 saturated carbocycles. The van der Waals surface area contributed by atoms with Crippen molar-refractivity contribution < 1.29 is 14.3 Å². The highest BCUT2D eigenvalue weighted by molar-refractivity contribution is 5.97. The maximum atomic E-state index is 12.1. The summed E-state index contributed by atoms with van der Waals surface area (Å²) < 4.78 is 4.99. The average Bonchev–Trinajstić information content (AvgIpc) is 2.50. The zero-order valence-electron chi connectivity index (χ0n) is 13.0. The van der Waals surface area contributed by atoms with Crippen molar-refractivity contribution in [3.8, 4) is 0 Å². The van der Waals surface area contributed by atoms with Gasteiger partial charge in [-0.25, -0.2) is 4.79 Å². The molecule has 4 heteroatoms. The Labute approximate surface area is 130 Å². The van der Waals surface area contributed by atoms with Crippen molar-refractivity contribution in [2.75, 3.05) is 11.9 Å². The normalized spacial score (nSPS) is 10.1. The van der Waals surface area contributed by atoms with E-state index in [1.807, 2.05) is 44.2 Å². The highest BCUT2D eigenvalue weighted by Gasteiger charge is 2.14. The lowest BCUT2D eigenvalue weighted by Crippen LogP contribution is -2.13. The quantitative estimate of drug-likeness (QED) is 0.853. The number of aryl methyl sites for hydroxylation is 1. The molecule has 0 fully saturated rings. The Morgan fingerprint density at radius 2 is 1.68 bits per heavy atom. The van der Waals surface area contributed by atoms with Crippen molar-refractivity contribution in [3.63, 3.8) is 0 Å². The molecule has 114 valence electrons. The summed E-state index contributed by atoms with van der Waals surface area (Å²) in [7, 11) is 0. The van der Waals surface area contributed by atoms with E-state index in [4.69, 9.17) is 4.74 Å². The van der Waals surface area contributed by atoms with Gasteiger partial charge < -0.3 is 10.1 Å². The van der Waals surface area contributed by atoms with Gasteiger partial charge in [0.15, 0.2) is 5.78 Å². The van der Waals surface area contributed by atoms with Crippen LogP contribution in [0.3, 0.4) is 0 Å². The number of rotatable bonds is 5. The predicted molar refractivity (Wildman–Crippen MR) is 86.6 cm³/mol. The number of esters is 1. The van der Waals surface area contributed by atoms with E-state index in [0.717, 1.165) is 11.3 Å². The van der Waals surface area contributed by atoms with Crippen molar-refractivity contribution in [2.24, 2.45) is 0 Å². The molecule has 0 atom stereocenters. The smallest absolute Gasteiger partial charge is 0.340 e. The number of ether oxygens (including phenoxy) is 1. The van der Waals surface area contributed by atoms with Crippen molar-refractivity contribution in [2.45, 2.75) is 20.8 Å². The minimum atomic E-state index is -0.511. The Bertz CT molecular complexity index is 707. The molecule has 0 spiro atoms. The Morgan fingerprint density at radius 1 is 1.00 bits per heavy atom. The molecule has 0 saturated heterocycles. The number of carbonyl (C=O) groups excluding carboxylic acids is 2. The zero-order valence-corrected chi connectivity index (χ0v) is 13.0. The first-order valence-electron chi connectivity index (χ1n) is 7.08. The fourth-order valence-electron chi connectivity index (χ4n) is 2.05. The third-order valence-electron chi connectivity index (χ3n) is 3.43. The Balaban J connectivity index is 2.27. The molecular formula is C18H19NO3. The standard InChI is InChI=1S/C18H19NO3/c1-12-7-6-10-16(14(12)3)19-17-9-5-4-8-15(17)18(21)22-11-13(2)20/h4-10,19H,11H2,1-3H3. The summed E-state index contributed by atoms with van der Waals surface area (Å²) in [6.07, 6.45) is 0. The van der Waals surface area contributed by atoms with Gasteiger partial charge >= 0.3 is 5.97 Å². The number of para-hydroxylation sites is 1. The molecule has 0 radical (unpaired) electrons. The van der Waals surface area contributed by atoms with Crippen LogP contribution in [0.1, 0.15) is 28.4 Å². The lowest BCUT2D eigenvalue weighted by molar-refractivity contribution is -0.120. The van der Waals surface area contributed by atoms with Crippen LogP contribution in [0.15, 0.2) is 42.5 Å². The van der Waals surface area contributed by atoms with Crippen LogP contribution in [-0.2, 0) is 9.53 Å². The van der Waals surface area contributed by atoms with Gasteiger partial charge in [0.05, 0.1) is 11.3 Å². The molecule has 2 rings (SSSR count). The lowest BCUT2D eigenvalue weighted by atomic mass is 10.1. The summed E-state index contributed by atoms with van der Waals surface area (Å²) in [6, 6.07) is 13.0. The molecule has 0 heterocycles. The van der Waals surface area contributed by atoms with Gasteiger partial charge in [-0.15, -0.1) is 0 Å². The Morgan fingerprint density at radius 3 is 2.41 bits per heavy atom. The molecule has 0 aromatic heterocycles. The number of hydrogen-bond acceptors (Lipinski definition) is 4. The van der Waals surface area contributed by atoms with Gasteiger partial charge in [0.25, 0.3) is 0 Å². The first-order chi connectivity index (χ1) is 10.5. The number of benzene rings is 2. The zero-order chi connectivity index (χ0) is 16.1. The minimum Gasteiger partial charge on any atom is -0.454 e. The monoisotopic (exact) mass is 297 g/mol. The van der Waals surface area contributed by atoms with Crippen molar-refractivity contribution in [1.82, 2.24) is 0 Å². The van der Waals surface area contributed by atoms with Gasteiger partial charge in [-0.2, -0.15) is 0 Å². The molecular weight excluding hydrogens is 278 g/mol. The van der Waals surface area contributed by atoms with E-state index in [1.165, 1.54) is 12.5 Å². The molecule has 0 unspecified atom stereocenters. The molecule has 22 heavy (non-hydrogen) atoms. The fourth-order valence-corrected chi connectivity index (χ4v) is 2.05. The van der Waals surface area contributed by atoms with Gasteiger partial charge in [-0.05, 0) is 50.1 Å². The highest BCUT2D eigenvalue weighted by Crippen LogP contribution is 2.25. The van der Waals surface area contributed by atoms with E-state index >= 15 is 0 Å². The second-order valence-corrected chi connectivity index (χ2v) is 5.20. The number of ketones is 1. The van der Waals surface area contributed by atoms with E-state index in [-0.39, 0.29) is 12.4 Å². The summed E-state index contributed by atoms with van der Waals surface area (Å²) in [5.41, 5.74) is 4.29. The highest BCUT2D eigenvalue weighted by atomic mass is 16.5. The summed E-state index contributed by atoms with van der Waals surface area (Å²) in [6.45, 7) is 5.23. The summed E-state index contributed by atoms with van der Waals surface area (Å²) in [4.78, 5) is 23.0. The molecule has 0 amide bonds. The maximum Gasteiger partial charge on any atom is 0.340 e. The molecule has 1 N–H and O–H groups in total. The number of nitrogens with one attached hydrogen (secondary N) is 1. The second-order valence-electron chi connectivity index (χ2n) is 5.20. The first-order valence-corrected chi connectivity index (χ1v) is 7.08. The maximum absolute atomic E-state index is 12.1. The SMILES string of the molecule is CC(=O)COC(=O)c1ccccc1Nc1cccc(C)c1C. The van der Waals surface area contributed by atoms with Gasteiger partial charge in [-0.3, -0.25) is 4.79 Å². The van der Waals surface area contributed by atoms with Gasteiger partial charge in [0, 0.05) is 5.69 Å². The van der Waals surface area contributed by atoms with E-state index in [9.17, 15) is 9.59 Å². The molecule has 2 aromatic rings. The van der Waals surface area contributed by atoms with Crippen LogP contribution >= 0.6 is 0 Å². The topological polar surface area (TPSA) is 55.4 Å². The van der Waals surface area contributed by atoms with Gasteiger partial charge in [0.1, 0.15) is 6.61 Å². The van der Waals surface area contributed by atoms with Crippen LogP contribution in [-0.4, -0.2) is 18.4 Å². The van der Waals surface area contributed by atoms with E-state index < -0.39 is 5.97 Å². The fraction of sp³-hybridized carbons (Fsp3) is 0.222. The van der Waals surface area contributed by atoms with Crippen LogP contribution in [0, 0.1) is 13.8 Å². The number of hydrogen-bond donors (Lipinski definition) is 1. The summed E-state index contributed by atoms with van der Waals surface area (Å²) in [5, 5.41) is 3.26. The molecule has 0 aliphatic carbocycles. The van der Waals surface area contributed by atoms with Crippen molar-refractivity contribution in [1.29, 1.82) is 0 Å². The molecule has 0 bridgehead atoms. The van der Waals surface area contributed by atoms with Crippen LogP contribution in [0.2, 0.25) is 0 Å². The minimum absolute atomic E-state index is 0.187. The predicted octanol–water partition coefficient (Wildman–Crippen LogP) is 3.79. The molecule has 4 nitrogen and oxygen atoms in total. The molecule has 2 aromatic carbocycles. The third kappa shape index (κ3) is 3.73. The van der Waals surface area contributed by atoms with Crippen LogP contribution in [0.25, 0.3) is 0 Å². The van der Waals surface area contributed by atoms with Crippen LogP contribution in [0.5, 0.6) is 0 Å². The van der Waals surface area contributed by atoms with E-state index in [2.05, 4.69) is 5.32 Å². The average molecular weight is 297 g/mol. The van der Waals surface area contributed by atoms with Crippen LogP contribution < -0.4 is 5.32 Å². The van der Waals surface area contributed by atoms with Gasteiger partial charge in [-0.1, -0.05) is 24.3 Å². The third-order valence-corrected chi connectivity index (χ3v) is 3.43. The largest absolute Gasteiger partial charge is 0.454 e. The molecule has 0 aliphatic rings. The summed E-state index contributed by atoms with van der Waals surface area (Å²) in [5.74, 6) is -0.697. The summed E-state index contributed by atoms with van der Waals surface area (Å²) >= 11 is 0. The van der Waals surface area contributed by atoms with Gasteiger partial charge in [0.2, 0.25) is 0 Å². The Hall–Kier alpha value is -2.62. The van der Waals surface area contributed by atoms with Crippen LogP contribution in [0.4, 0.5) is 11.4 Å². The van der Waals surface area contributed by atoms with E-state index in [1.54, 1.807) is 12.1 Å². The lowest BCUT2D eigenvalue weighted by Gasteiger charge is -2.14. The number of Topliss-reactive ketones (excluding diaryl/α,β-unsaturated/α-hetero) is 1. The first kappa shape index (κ1) is 15.8. The van der Waals surface area contributed by atoms with Crippen molar-refractivity contribution >= 4 is 23.1 Å². The molecule has 0 aliphatic heterocycles. The second kappa shape index (κ2) is 6.89. The van der Waals surface area contributed by atoms with E-state index in [0.29, 0.717) is 11.3 Å². The van der Waals surface area contributed by atoms with Crippen molar-refractivity contribution in [3.05, 3.63) is 59.2 Å².